The van der Waals surface area contributed by atoms with Crippen LogP contribution in [0.1, 0.15) is 79.3 Å². The van der Waals surface area contributed by atoms with Crippen LogP contribution in [0.5, 0.6) is 0 Å². The van der Waals surface area contributed by atoms with Crippen molar-refractivity contribution >= 4 is 11.8 Å². The van der Waals surface area contributed by atoms with Crippen molar-refractivity contribution in [2.24, 2.45) is 0 Å². The first-order valence-corrected chi connectivity index (χ1v) is 13.1. The lowest BCUT2D eigenvalue weighted by atomic mass is 9.96. The SMILES string of the molecule is O=C(O)C(c1ccccc1C1CC1)N1CC[C@@H](OCCCCCc2ccc3c(n2)NCCC3)C1. The second-order valence-corrected chi connectivity index (χ2v) is 10.1. The summed E-state index contributed by atoms with van der Waals surface area (Å²) >= 11 is 0. The van der Waals surface area contributed by atoms with Gasteiger partial charge in [0.15, 0.2) is 0 Å². The fourth-order valence-electron chi connectivity index (χ4n) is 5.48. The van der Waals surface area contributed by atoms with Gasteiger partial charge in [-0.1, -0.05) is 36.8 Å². The van der Waals surface area contributed by atoms with Crippen LogP contribution in [0.4, 0.5) is 5.82 Å². The monoisotopic (exact) mass is 463 g/mol. The molecule has 0 amide bonds. The summed E-state index contributed by atoms with van der Waals surface area (Å²) in [5.41, 5.74) is 4.72. The molecule has 182 valence electrons. The number of carboxylic acid groups (broad SMARTS) is 1. The Morgan fingerprint density at radius 2 is 2.03 bits per heavy atom. The average Bonchev–Trinajstić information content (AvgIpc) is 3.60. The Morgan fingerprint density at radius 3 is 2.88 bits per heavy atom. The molecule has 2 aliphatic heterocycles. The smallest absolute Gasteiger partial charge is 0.325 e. The highest BCUT2D eigenvalue weighted by Gasteiger charge is 2.37. The minimum Gasteiger partial charge on any atom is -0.480 e. The maximum Gasteiger partial charge on any atom is 0.325 e. The number of anilines is 1. The van der Waals surface area contributed by atoms with E-state index in [9.17, 15) is 9.90 Å². The van der Waals surface area contributed by atoms with Crippen molar-refractivity contribution in [3.05, 3.63) is 58.8 Å². The molecule has 2 fully saturated rings. The van der Waals surface area contributed by atoms with E-state index in [0.29, 0.717) is 12.5 Å². The molecule has 34 heavy (non-hydrogen) atoms. The number of fused-ring (bicyclic) bond motifs is 1. The molecular weight excluding hydrogens is 426 g/mol. The van der Waals surface area contributed by atoms with Crippen LogP contribution in [0, 0.1) is 0 Å². The van der Waals surface area contributed by atoms with Gasteiger partial charge in [-0.05, 0) is 80.0 Å². The minimum absolute atomic E-state index is 0.128. The number of rotatable bonds is 11. The fourth-order valence-corrected chi connectivity index (χ4v) is 5.48. The second kappa shape index (κ2) is 10.9. The number of nitrogens with zero attached hydrogens (tertiary/aromatic N) is 2. The highest BCUT2D eigenvalue weighted by molar-refractivity contribution is 5.76. The number of unbranched alkanes of at least 4 members (excludes halogenated alkanes) is 2. The molecule has 1 aromatic carbocycles. The van der Waals surface area contributed by atoms with Crippen molar-refractivity contribution < 1.29 is 14.6 Å². The first-order valence-electron chi connectivity index (χ1n) is 13.1. The molecule has 5 rings (SSSR count). The van der Waals surface area contributed by atoms with Crippen molar-refractivity contribution in [3.8, 4) is 0 Å². The number of ether oxygens (including phenoxy) is 1. The predicted molar refractivity (Wildman–Crippen MR) is 133 cm³/mol. The van der Waals surface area contributed by atoms with Gasteiger partial charge in [0.25, 0.3) is 0 Å². The number of benzene rings is 1. The van der Waals surface area contributed by atoms with Gasteiger partial charge < -0.3 is 15.2 Å². The molecule has 2 atom stereocenters. The first-order chi connectivity index (χ1) is 16.7. The summed E-state index contributed by atoms with van der Waals surface area (Å²) in [4.78, 5) is 19.1. The molecule has 1 unspecified atom stereocenters. The number of carboxylic acids is 1. The van der Waals surface area contributed by atoms with Crippen LogP contribution >= 0.6 is 0 Å². The summed E-state index contributed by atoms with van der Waals surface area (Å²) in [7, 11) is 0. The summed E-state index contributed by atoms with van der Waals surface area (Å²) in [6.07, 6.45) is 9.98. The quantitative estimate of drug-likeness (QED) is 0.460. The molecule has 6 nitrogen and oxygen atoms in total. The van der Waals surface area contributed by atoms with E-state index in [1.54, 1.807) is 0 Å². The van der Waals surface area contributed by atoms with Gasteiger partial charge in [0.2, 0.25) is 0 Å². The number of likely N-dealkylation sites (tertiary alicyclic amines) is 1. The van der Waals surface area contributed by atoms with E-state index in [4.69, 9.17) is 9.72 Å². The van der Waals surface area contributed by atoms with Crippen LogP contribution in [0.15, 0.2) is 36.4 Å². The van der Waals surface area contributed by atoms with Gasteiger partial charge in [-0.15, -0.1) is 0 Å². The molecule has 0 bridgehead atoms. The molecule has 1 saturated heterocycles. The zero-order valence-corrected chi connectivity index (χ0v) is 20.0. The Morgan fingerprint density at radius 1 is 1.15 bits per heavy atom. The van der Waals surface area contributed by atoms with Crippen LogP contribution in [-0.4, -0.2) is 53.3 Å². The zero-order valence-electron chi connectivity index (χ0n) is 20.0. The number of hydrogen-bond donors (Lipinski definition) is 2. The van der Waals surface area contributed by atoms with Gasteiger partial charge >= 0.3 is 5.97 Å². The number of pyridine rings is 1. The van der Waals surface area contributed by atoms with Crippen LogP contribution < -0.4 is 5.32 Å². The Balaban J connectivity index is 1.05. The lowest BCUT2D eigenvalue weighted by molar-refractivity contribution is -0.143. The van der Waals surface area contributed by atoms with Crippen molar-refractivity contribution in [1.82, 2.24) is 9.88 Å². The molecule has 1 aromatic heterocycles. The average molecular weight is 464 g/mol. The number of aryl methyl sites for hydroxylation is 2. The topological polar surface area (TPSA) is 74.7 Å². The lowest BCUT2D eigenvalue weighted by Gasteiger charge is -2.26. The first kappa shape index (κ1) is 23.3. The van der Waals surface area contributed by atoms with E-state index in [-0.39, 0.29) is 6.10 Å². The van der Waals surface area contributed by atoms with Gasteiger partial charge in [0, 0.05) is 31.9 Å². The van der Waals surface area contributed by atoms with Crippen molar-refractivity contribution in [2.75, 3.05) is 31.6 Å². The van der Waals surface area contributed by atoms with E-state index < -0.39 is 12.0 Å². The summed E-state index contributed by atoms with van der Waals surface area (Å²) in [5.74, 6) is 0.873. The van der Waals surface area contributed by atoms with Gasteiger partial charge in [-0.3, -0.25) is 9.69 Å². The molecule has 2 N–H and O–H groups in total. The third-order valence-electron chi connectivity index (χ3n) is 7.47. The van der Waals surface area contributed by atoms with Gasteiger partial charge in [-0.2, -0.15) is 0 Å². The van der Waals surface area contributed by atoms with Crippen LogP contribution in [0.25, 0.3) is 0 Å². The van der Waals surface area contributed by atoms with E-state index >= 15 is 0 Å². The summed E-state index contributed by atoms with van der Waals surface area (Å²) in [5, 5.41) is 13.5. The van der Waals surface area contributed by atoms with Crippen LogP contribution in [0.3, 0.4) is 0 Å². The van der Waals surface area contributed by atoms with E-state index in [1.807, 2.05) is 18.2 Å². The predicted octanol–water partition coefficient (Wildman–Crippen LogP) is 4.95. The molecule has 2 aromatic rings. The Bertz CT molecular complexity index is 991. The summed E-state index contributed by atoms with van der Waals surface area (Å²) < 4.78 is 6.16. The molecule has 0 radical (unpaired) electrons. The van der Waals surface area contributed by atoms with Gasteiger partial charge in [0.05, 0.1) is 6.10 Å². The Labute approximate surface area is 202 Å². The molecule has 3 heterocycles. The fraction of sp³-hybridized carbons (Fsp3) is 0.571. The van der Waals surface area contributed by atoms with Crippen LogP contribution in [0.2, 0.25) is 0 Å². The molecule has 1 saturated carbocycles. The maximum atomic E-state index is 12.2. The third kappa shape index (κ3) is 5.61. The molecule has 1 aliphatic carbocycles. The summed E-state index contributed by atoms with van der Waals surface area (Å²) in [6.45, 7) is 3.24. The van der Waals surface area contributed by atoms with Gasteiger partial charge in [0.1, 0.15) is 11.9 Å². The van der Waals surface area contributed by atoms with Crippen LogP contribution in [-0.2, 0) is 22.4 Å². The number of nitrogens with one attached hydrogen (secondary N) is 1. The van der Waals surface area contributed by atoms with E-state index in [0.717, 1.165) is 69.6 Å². The largest absolute Gasteiger partial charge is 0.480 e. The van der Waals surface area contributed by atoms with Gasteiger partial charge in [-0.25, -0.2) is 4.98 Å². The Kier molecular flexibility index (Phi) is 7.45. The minimum atomic E-state index is -0.750. The van der Waals surface area contributed by atoms with E-state index in [2.05, 4.69) is 28.4 Å². The normalized spacial score (nSPS) is 21.1. The molecular formula is C28H37N3O3. The molecule has 0 spiro atoms. The second-order valence-electron chi connectivity index (χ2n) is 10.1. The molecule has 6 heteroatoms. The summed E-state index contributed by atoms with van der Waals surface area (Å²) in [6, 6.07) is 12.0. The van der Waals surface area contributed by atoms with Crippen molar-refractivity contribution in [2.45, 2.75) is 75.9 Å². The van der Waals surface area contributed by atoms with Crippen molar-refractivity contribution in [3.63, 3.8) is 0 Å². The standard InChI is InChI=1S/C28H37N3O3/c32-28(33)26(25-10-4-3-9-24(25)20-11-12-20)31-17-15-23(19-31)34-18-5-1-2-8-22-14-13-21-7-6-16-29-27(21)30-22/h3-4,9-10,13-14,20,23,26H,1-2,5-8,11-12,15-19H2,(H,29,30)(H,32,33)/t23-,26?/m1/s1. The number of aromatic nitrogens is 1. The van der Waals surface area contributed by atoms with E-state index in [1.165, 1.54) is 36.1 Å². The lowest BCUT2D eigenvalue weighted by Crippen LogP contribution is -2.34. The molecule has 3 aliphatic rings. The highest BCUT2D eigenvalue weighted by Crippen LogP contribution is 2.44. The maximum absolute atomic E-state index is 12.2. The number of carbonyl (C=O) groups is 1. The highest BCUT2D eigenvalue weighted by atomic mass is 16.5. The zero-order chi connectivity index (χ0) is 23.3. The Hall–Kier alpha value is -2.44. The number of aliphatic carboxylic acids is 1. The van der Waals surface area contributed by atoms with Crippen molar-refractivity contribution in [1.29, 1.82) is 0 Å². The number of hydrogen-bond acceptors (Lipinski definition) is 5. The third-order valence-corrected chi connectivity index (χ3v) is 7.47.